The number of carbonyl (C=O) groups excluding carboxylic acids is 1. The van der Waals surface area contributed by atoms with Crippen molar-refractivity contribution < 1.29 is 14.7 Å². The lowest BCUT2D eigenvalue weighted by atomic mass is 10.1. The molecule has 0 unspecified atom stereocenters. The molecule has 0 saturated carbocycles. The maximum absolute atomic E-state index is 11.5. The molecule has 0 bridgehead atoms. The molecule has 78 valence electrons. The summed E-state index contributed by atoms with van der Waals surface area (Å²) >= 11 is 0. The summed E-state index contributed by atoms with van der Waals surface area (Å²) < 4.78 is 0. The van der Waals surface area contributed by atoms with Gasteiger partial charge in [-0.05, 0) is 6.42 Å². The first-order valence-corrected chi connectivity index (χ1v) is 4.68. The van der Waals surface area contributed by atoms with Crippen molar-refractivity contribution in [1.29, 1.82) is 0 Å². The van der Waals surface area contributed by atoms with Crippen LogP contribution < -0.4 is 0 Å². The van der Waals surface area contributed by atoms with Crippen LogP contribution in [0.2, 0.25) is 0 Å². The van der Waals surface area contributed by atoms with Gasteiger partial charge in [-0.2, -0.15) is 0 Å². The van der Waals surface area contributed by atoms with E-state index in [0.717, 1.165) is 6.08 Å². The predicted octanol–water partition coefficient (Wildman–Crippen LogP) is 2.29. The number of allylic oxidation sites excluding steroid dienone is 1. The molecule has 0 spiro atoms. The Morgan fingerprint density at radius 2 is 1.87 bits per heavy atom. The van der Waals surface area contributed by atoms with Gasteiger partial charge in [-0.1, -0.05) is 36.4 Å². The fourth-order valence-corrected chi connectivity index (χ4v) is 1.17. The number of carbonyl (C=O) groups is 2. The minimum Gasteiger partial charge on any atom is -0.478 e. The summed E-state index contributed by atoms with van der Waals surface area (Å²) in [4.78, 5) is 21.7. The molecule has 1 aromatic carbocycles. The van der Waals surface area contributed by atoms with Crippen LogP contribution in [0.5, 0.6) is 0 Å². The molecule has 1 rings (SSSR count). The zero-order valence-corrected chi connectivity index (χ0v) is 8.22. The number of benzene rings is 1. The van der Waals surface area contributed by atoms with Crippen LogP contribution >= 0.6 is 0 Å². The van der Waals surface area contributed by atoms with E-state index in [1.54, 1.807) is 24.3 Å². The van der Waals surface area contributed by atoms with E-state index in [4.69, 9.17) is 5.11 Å². The molecular formula is C12H12O3. The number of hydrogen-bond acceptors (Lipinski definition) is 2. The molecule has 0 saturated heterocycles. The van der Waals surface area contributed by atoms with E-state index in [0.29, 0.717) is 18.4 Å². The number of aliphatic carboxylic acids is 1. The van der Waals surface area contributed by atoms with Crippen molar-refractivity contribution in [3.63, 3.8) is 0 Å². The molecule has 0 aliphatic carbocycles. The summed E-state index contributed by atoms with van der Waals surface area (Å²) in [6.45, 7) is 0. The molecule has 0 heterocycles. The molecule has 0 aromatic heterocycles. The van der Waals surface area contributed by atoms with Crippen LogP contribution in [0.1, 0.15) is 23.2 Å². The Morgan fingerprint density at radius 3 is 2.47 bits per heavy atom. The van der Waals surface area contributed by atoms with Crippen molar-refractivity contribution in [3.8, 4) is 0 Å². The van der Waals surface area contributed by atoms with Gasteiger partial charge in [0.05, 0.1) is 0 Å². The maximum Gasteiger partial charge on any atom is 0.327 e. The van der Waals surface area contributed by atoms with Crippen LogP contribution in [0.15, 0.2) is 42.5 Å². The largest absolute Gasteiger partial charge is 0.478 e. The average molecular weight is 204 g/mol. The molecule has 0 atom stereocenters. The zero-order valence-electron chi connectivity index (χ0n) is 8.22. The monoisotopic (exact) mass is 204 g/mol. The smallest absolute Gasteiger partial charge is 0.327 e. The third-order valence-electron chi connectivity index (χ3n) is 1.89. The Kier molecular flexibility index (Phi) is 4.29. The molecule has 3 nitrogen and oxygen atoms in total. The fraction of sp³-hybridized carbons (Fsp3) is 0.167. The quantitative estimate of drug-likeness (QED) is 0.591. The van der Waals surface area contributed by atoms with E-state index in [1.807, 2.05) is 6.07 Å². The minimum absolute atomic E-state index is 0.0330. The van der Waals surface area contributed by atoms with E-state index < -0.39 is 5.97 Å². The first-order valence-electron chi connectivity index (χ1n) is 4.68. The Labute approximate surface area is 88.0 Å². The van der Waals surface area contributed by atoms with Gasteiger partial charge in [-0.25, -0.2) is 4.79 Å². The summed E-state index contributed by atoms with van der Waals surface area (Å²) in [5, 5.41) is 8.32. The van der Waals surface area contributed by atoms with Crippen molar-refractivity contribution in [3.05, 3.63) is 48.0 Å². The second kappa shape index (κ2) is 5.75. The van der Waals surface area contributed by atoms with Gasteiger partial charge in [0.25, 0.3) is 0 Å². The highest BCUT2D eigenvalue weighted by Gasteiger charge is 2.02. The lowest BCUT2D eigenvalue weighted by Gasteiger charge is -1.97. The second-order valence-corrected chi connectivity index (χ2v) is 3.07. The molecule has 0 aliphatic rings. The van der Waals surface area contributed by atoms with E-state index in [2.05, 4.69) is 0 Å². The maximum atomic E-state index is 11.5. The summed E-state index contributed by atoms with van der Waals surface area (Å²) in [6.07, 6.45) is 3.34. The van der Waals surface area contributed by atoms with Crippen LogP contribution in [0.3, 0.4) is 0 Å². The molecule has 0 fully saturated rings. The van der Waals surface area contributed by atoms with Crippen LogP contribution in [0.4, 0.5) is 0 Å². The summed E-state index contributed by atoms with van der Waals surface area (Å²) in [5.74, 6) is -0.951. The molecule has 3 heteroatoms. The number of Topliss-reactive ketones (excluding diaryl/α,β-unsaturated/α-hetero) is 1. The van der Waals surface area contributed by atoms with Gasteiger partial charge < -0.3 is 5.11 Å². The van der Waals surface area contributed by atoms with Crippen LogP contribution in [-0.4, -0.2) is 16.9 Å². The van der Waals surface area contributed by atoms with Gasteiger partial charge in [0, 0.05) is 18.1 Å². The zero-order chi connectivity index (χ0) is 11.1. The average Bonchev–Trinajstić information content (AvgIpc) is 2.25. The minimum atomic E-state index is -0.984. The first kappa shape index (κ1) is 11.2. The standard InChI is InChI=1S/C12H12O3/c13-11(8-4-5-9-12(14)15)10-6-2-1-3-7-10/h1-3,5-7,9H,4,8H2,(H,14,15). The van der Waals surface area contributed by atoms with E-state index >= 15 is 0 Å². The van der Waals surface area contributed by atoms with Crippen molar-refractivity contribution in [1.82, 2.24) is 0 Å². The number of ketones is 1. The second-order valence-electron chi connectivity index (χ2n) is 3.07. The first-order chi connectivity index (χ1) is 7.20. The van der Waals surface area contributed by atoms with Crippen molar-refractivity contribution in [2.75, 3.05) is 0 Å². The van der Waals surface area contributed by atoms with Crippen molar-refractivity contribution in [2.24, 2.45) is 0 Å². The van der Waals surface area contributed by atoms with Crippen molar-refractivity contribution >= 4 is 11.8 Å². The lowest BCUT2D eigenvalue weighted by Crippen LogP contribution is -1.97. The van der Waals surface area contributed by atoms with Gasteiger partial charge in [-0.3, -0.25) is 4.79 Å². The highest BCUT2D eigenvalue weighted by Crippen LogP contribution is 2.05. The Hall–Kier alpha value is -1.90. The van der Waals surface area contributed by atoms with Crippen molar-refractivity contribution in [2.45, 2.75) is 12.8 Å². The summed E-state index contributed by atoms with van der Waals surface area (Å²) in [7, 11) is 0. The highest BCUT2D eigenvalue weighted by atomic mass is 16.4. The Balaban J connectivity index is 2.41. The van der Waals surface area contributed by atoms with E-state index in [9.17, 15) is 9.59 Å². The molecule has 0 radical (unpaired) electrons. The number of carboxylic acids is 1. The van der Waals surface area contributed by atoms with E-state index in [-0.39, 0.29) is 5.78 Å². The van der Waals surface area contributed by atoms with Crippen LogP contribution in [0.25, 0.3) is 0 Å². The molecule has 0 amide bonds. The number of hydrogen-bond donors (Lipinski definition) is 1. The van der Waals surface area contributed by atoms with Gasteiger partial charge in [0.15, 0.2) is 5.78 Å². The van der Waals surface area contributed by atoms with Gasteiger partial charge in [0.1, 0.15) is 0 Å². The molecular weight excluding hydrogens is 192 g/mol. The summed E-state index contributed by atoms with van der Waals surface area (Å²) in [5.41, 5.74) is 0.668. The molecule has 15 heavy (non-hydrogen) atoms. The van der Waals surface area contributed by atoms with E-state index in [1.165, 1.54) is 6.08 Å². The Bertz CT molecular complexity index is 366. The summed E-state index contributed by atoms with van der Waals surface area (Å²) in [6, 6.07) is 8.97. The Morgan fingerprint density at radius 1 is 1.20 bits per heavy atom. The number of rotatable bonds is 5. The topological polar surface area (TPSA) is 54.4 Å². The van der Waals surface area contributed by atoms with Gasteiger partial charge >= 0.3 is 5.97 Å². The lowest BCUT2D eigenvalue weighted by molar-refractivity contribution is -0.131. The number of carboxylic acid groups (broad SMARTS) is 1. The normalized spacial score (nSPS) is 10.4. The molecule has 1 N–H and O–H groups in total. The predicted molar refractivity (Wildman–Crippen MR) is 56.8 cm³/mol. The SMILES string of the molecule is O=C(O)C=CCCC(=O)c1ccccc1. The third-order valence-corrected chi connectivity index (χ3v) is 1.89. The third kappa shape index (κ3) is 4.22. The molecule has 1 aromatic rings. The highest BCUT2D eigenvalue weighted by molar-refractivity contribution is 5.96. The van der Waals surface area contributed by atoms with Crippen LogP contribution in [-0.2, 0) is 4.79 Å². The van der Waals surface area contributed by atoms with Crippen LogP contribution in [0, 0.1) is 0 Å². The van der Waals surface area contributed by atoms with Gasteiger partial charge in [0.2, 0.25) is 0 Å². The van der Waals surface area contributed by atoms with Gasteiger partial charge in [-0.15, -0.1) is 0 Å². The molecule has 0 aliphatic heterocycles. The fourth-order valence-electron chi connectivity index (χ4n) is 1.17.